The Bertz CT molecular complexity index is 296. The van der Waals surface area contributed by atoms with E-state index in [1.54, 1.807) is 0 Å². The fourth-order valence-electron chi connectivity index (χ4n) is 1.48. The second kappa shape index (κ2) is 5.20. The SMILES string of the molecule is CCOc1cccc(CCC(C)(C)C)c1. The topological polar surface area (TPSA) is 9.23 Å². The van der Waals surface area contributed by atoms with E-state index in [1.807, 2.05) is 13.0 Å². The molecule has 84 valence electrons. The molecule has 1 rings (SSSR count). The van der Waals surface area contributed by atoms with Crippen LogP contribution in [0.1, 0.15) is 39.7 Å². The van der Waals surface area contributed by atoms with Crippen molar-refractivity contribution in [2.75, 3.05) is 6.61 Å². The van der Waals surface area contributed by atoms with Gasteiger partial charge in [-0.2, -0.15) is 0 Å². The second-order valence-corrected chi connectivity index (χ2v) is 5.14. The number of benzene rings is 1. The average Bonchev–Trinajstić information content (AvgIpc) is 2.15. The summed E-state index contributed by atoms with van der Waals surface area (Å²) in [6.07, 6.45) is 2.34. The number of rotatable bonds is 4. The minimum Gasteiger partial charge on any atom is -0.494 e. The normalized spacial score (nSPS) is 11.5. The van der Waals surface area contributed by atoms with Crippen molar-refractivity contribution < 1.29 is 4.74 Å². The van der Waals surface area contributed by atoms with Crippen LogP contribution in [0.3, 0.4) is 0 Å². The smallest absolute Gasteiger partial charge is 0.119 e. The molecule has 0 unspecified atom stereocenters. The van der Waals surface area contributed by atoms with Crippen LogP contribution in [0.25, 0.3) is 0 Å². The van der Waals surface area contributed by atoms with Crippen LogP contribution in [0, 0.1) is 5.41 Å². The Balaban J connectivity index is 2.57. The third kappa shape index (κ3) is 4.87. The quantitative estimate of drug-likeness (QED) is 0.721. The fraction of sp³-hybridized carbons (Fsp3) is 0.571. The molecule has 0 aromatic heterocycles. The second-order valence-electron chi connectivity index (χ2n) is 5.14. The molecule has 0 atom stereocenters. The lowest BCUT2D eigenvalue weighted by atomic mass is 9.89. The maximum atomic E-state index is 5.48. The molecule has 0 saturated heterocycles. The Labute approximate surface area is 93.5 Å². The van der Waals surface area contributed by atoms with Gasteiger partial charge in [-0.1, -0.05) is 32.9 Å². The largest absolute Gasteiger partial charge is 0.494 e. The predicted octanol–water partition coefficient (Wildman–Crippen LogP) is 4.06. The lowest BCUT2D eigenvalue weighted by Gasteiger charge is -2.17. The molecule has 0 radical (unpaired) electrons. The van der Waals surface area contributed by atoms with Crippen molar-refractivity contribution in [1.29, 1.82) is 0 Å². The van der Waals surface area contributed by atoms with Gasteiger partial charge in [-0.25, -0.2) is 0 Å². The number of aryl methyl sites for hydroxylation is 1. The van der Waals surface area contributed by atoms with Crippen molar-refractivity contribution in [3.8, 4) is 5.75 Å². The molecule has 1 aromatic carbocycles. The standard InChI is InChI=1S/C14H22O/c1-5-15-13-8-6-7-12(11-13)9-10-14(2,3)4/h6-8,11H,5,9-10H2,1-4H3. The van der Waals surface area contributed by atoms with Gasteiger partial charge in [0.15, 0.2) is 0 Å². The third-order valence-corrected chi connectivity index (χ3v) is 2.37. The summed E-state index contributed by atoms with van der Waals surface area (Å²) in [6, 6.07) is 8.41. The van der Waals surface area contributed by atoms with Crippen LogP contribution >= 0.6 is 0 Å². The van der Waals surface area contributed by atoms with Crippen molar-refractivity contribution in [2.24, 2.45) is 5.41 Å². The van der Waals surface area contributed by atoms with Crippen molar-refractivity contribution in [3.05, 3.63) is 29.8 Å². The fourth-order valence-corrected chi connectivity index (χ4v) is 1.48. The van der Waals surface area contributed by atoms with Crippen LogP contribution in [0.5, 0.6) is 5.75 Å². The Morgan fingerprint density at radius 1 is 1.20 bits per heavy atom. The van der Waals surface area contributed by atoms with E-state index in [-0.39, 0.29) is 0 Å². The van der Waals surface area contributed by atoms with Crippen LogP contribution in [0.2, 0.25) is 0 Å². The van der Waals surface area contributed by atoms with Crippen LogP contribution < -0.4 is 4.74 Å². The molecule has 0 heterocycles. The van der Waals surface area contributed by atoms with E-state index in [9.17, 15) is 0 Å². The maximum Gasteiger partial charge on any atom is 0.119 e. The van der Waals surface area contributed by atoms with Crippen molar-refractivity contribution >= 4 is 0 Å². The Kier molecular flexibility index (Phi) is 4.19. The van der Waals surface area contributed by atoms with Gasteiger partial charge in [-0.05, 0) is 42.9 Å². The lowest BCUT2D eigenvalue weighted by Crippen LogP contribution is -2.06. The zero-order chi connectivity index (χ0) is 11.3. The highest BCUT2D eigenvalue weighted by Crippen LogP contribution is 2.23. The molecule has 0 amide bonds. The minimum atomic E-state index is 0.404. The summed E-state index contributed by atoms with van der Waals surface area (Å²) in [5.74, 6) is 0.990. The Morgan fingerprint density at radius 3 is 2.53 bits per heavy atom. The maximum absolute atomic E-state index is 5.48. The highest BCUT2D eigenvalue weighted by molar-refractivity contribution is 5.28. The van der Waals surface area contributed by atoms with E-state index in [4.69, 9.17) is 4.74 Å². The van der Waals surface area contributed by atoms with Gasteiger partial charge in [-0.15, -0.1) is 0 Å². The highest BCUT2D eigenvalue weighted by atomic mass is 16.5. The van der Waals surface area contributed by atoms with Gasteiger partial charge in [-0.3, -0.25) is 0 Å². The molecule has 0 aliphatic carbocycles. The predicted molar refractivity (Wildman–Crippen MR) is 65.4 cm³/mol. The molecule has 0 aliphatic rings. The van der Waals surface area contributed by atoms with E-state index in [2.05, 4.69) is 39.0 Å². The van der Waals surface area contributed by atoms with Crippen LogP contribution in [0.4, 0.5) is 0 Å². The van der Waals surface area contributed by atoms with E-state index in [0.717, 1.165) is 18.8 Å². The van der Waals surface area contributed by atoms with E-state index >= 15 is 0 Å². The molecule has 0 saturated carbocycles. The summed E-state index contributed by atoms with van der Waals surface area (Å²) in [6.45, 7) is 9.59. The van der Waals surface area contributed by atoms with Gasteiger partial charge < -0.3 is 4.74 Å². The summed E-state index contributed by atoms with van der Waals surface area (Å²) >= 11 is 0. The number of hydrogen-bond donors (Lipinski definition) is 0. The minimum absolute atomic E-state index is 0.404. The molecule has 0 aliphatic heterocycles. The molecular formula is C14H22O. The van der Waals surface area contributed by atoms with Crippen LogP contribution in [0.15, 0.2) is 24.3 Å². The zero-order valence-corrected chi connectivity index (χ0v) is 10.3. The average molecular weight is 206 g/mol. The van der Waals surface area contributed by atoms with E-state index in [1.165, 1.54) is 12.0 Å². The van der Waals surface area contributed by atoms with Gasteiger partial charge in [0.05, 0.1) is 6.61 Å². The Morgan fingerprint density at radius 2 is 1.93 bits per heavy atom. The van der Waals surface area contributed by atoms with Gasteiger partial charge >= 0.3 is 0 Å². The molecule has 0 bridgehead atoms. The van der Waals surface area contributed by atoms with Crippen LogP contribution in [-0.4, -0.2) is 6.61 Å². The molecule has 15 heavy (non-hydrogen) atoms. The molecular weight excluding hydrogens is 184 g/mol. The summed E-state index contributed by atoms with van der Waals surface area (Å²) in [7, 11) is 0. The van der Waals surface area contributed by atoms with Gasteiger partial charge in [0.2, 0.25) is 0 Å². The molecule has 0 fully saturated rings. The summed E-state index contributed by atoms with van der Waals surface area (Å²) < 4.78 is 5.48. The van der Waals surface area contributed by atoms with Crippen molar-refractivity contribution in [1.82, 2.24) is 0 Å². The third-order valence-electron chi connectivity index (χ3n) is 2.37. The Hall–Kier alpha value is -0.980. The molecule has 1 aromatic rings. The first-order chi connectivity index (χ1) is 7.01. The van der Waals surface area contributed by atoms with Gasteiger partial charge in [0, 0.05) is 0 Å². The van der Waals surface area contributed by atoms with E-state index < -0.39 is 0 Å². The number of hydrogen-bond acceptors (Lipinski definition) is 1. The van der Waals surface area contributed by atoms with Crippen LogP contribution in [-0.2, 0) is 6.42 Å². The van der Waals surface area contributed by atoms with Crippen molar-refractivity contribution in [2.45, 2.75) is 40.5 Å². The highest BCUT2D eigenvalue weighted by Gasteiger charge is 2.09. The monoisotopic (exact) mass is 206 g/mol. The number of ether oxygens (including phenoxy) is 1. The zero-order valence-electron chi connectivity index (χ0n) is 10.3. The summed E-state index contributed by atoms with van der Waals surface area (Å²) in [4.78, 5) is 0. The van der Waals surface area contributed by atoms with E-state index in [0.29, 0.717) is 5.41 Å². The molecule has 0 N–H and O–H groups in total. The molecule has 1 heteroatoms. The van der Waals surface area contributed by atoms with Gasteiger partial charge in [0.1, 0.15) is 5.75 Å². The molecule has 1 nitrogen and oxygen atoms in total. The first-order valence-corrected chi connectivity index (χ1v) is 5.73. The summed E-state index contributed by atoms with van der Waals surface area (Å²) in [5, 5.41) is 0. The lowest BCUT2D eigenvalue weighted by molar-refractivity contribution is 0.339. The summed E-state index contributed by atoms with van der Waals surface area (Å²) in [5.41, 5.74) is 1.78. The van der Waals surface area contributed by atoms with Gasteiger partial charge in [0.25, 0.3) is 0 Å². The first kappa shape index (κ1) is 12.1. The molecule has 0 spiro atoms. The van der Waals surface area contributed by atoms with Crippen molar-refractivity contribution in [3.63, 3.8) is 0 Å². The first-order valence-electron chi connectivity index (χ1n) is 5.73.